The zero-order chi connectivity index (χ0) is 11.7. The highest BCUT2D eigenvalue weighted by Crippen LogP contribution is 2.33. The van der Waals surface area contributed by atoms with Crippen LogP contribution in [0.2, 0.25) is 0 Å². The minimum atomic E-state index is 0.274. The SMILES string of the molecule is Cc1ccc(C)c(-c2onc(C#N)c2Br)c1. The van der Waals surface area contributed by atoms with E-state index in [0.29, 0.717) is 10.2 Å². The minimum Gasteiger partial charge on any atom is -0.354 e. The predicted molar refractivity (Wildman–Crippen MR) is 63.8 cm³/mol. The summed E-state index contributed by atoms with van der Waals surface area (Å²) >= 11 is 3.33. The molecule has 0 N–H and O–H groups in total. The van der Waals surface area contributed by atoms with Gasteiger partial charge in [-0.15, -0.1) is 0 Å². The van der Waals surface area contributed by atoms with Gasteiger partial charge in [-0.25, -0.2) is 0 Å². The highest BCUT2D eigenvalue weighted by atomic mass is 79.9. The van der Waals surface area contributed by atoms with Crippen molar-refractivity contribution in [2.24, 2.45) is 0 Å². The molecular weight excluding hydrogens is 268 g/mol. The Balaban J connectivity index is 2.64. The Morgan fingerprint density at radius 3 is 2.75 bits per heavy atom. The molecule has 3 nitrogen and oxygen atoms in total. The number of hydrogen-bond acceptors (Lipinski definition) is 3. The monoisotopic (exact) mass is 276 g/mol. The van der Waals surface area contributed by atoms with Gasteiger partial charge in [0, 0.05) is 5.56 Å². The van der Waals surface area contributed by atoms with Crippen LogP contribution in [0.1, 0.15) is 16.8 Å². The molecule has 0 spiro atoms. The maximum absolute atomic E-state index is 8.80. The summed E-state index contributed by atoms with van der Waals surface area (Å²) in [5, 5.41) is 12.5. The average Bonchev–Trinajstić information content (AvgIpc) is 2.63. The molecule has 2 rings (SSSR count). The van der Waals surface area contributed by atoms with Crippen LogP contribution in [0, 0.1) is 25.2 Å². The third-order valence-corrected chi connectivity index (χ3v) is 3.11. The lowest BCUT2D eigenvalue weighted by molar-refractivity contribution is 0.429. The molecule has 1 aromatic carbocycles. The molecular formula is C12H9BrN2O. The van der Waals surface area contributed by atoms with Gasteiger partial charge in [0.2, 0.25) is 0 Å². The number of aromatic nitrogens is 1. The summed E-state index contributed by atoms with van der Waals surface area (Å²) in [6.07, 6.45) is 0. The third-order valence-electron chi connectivity index (χ3n) is 2.38. The Bertz CT molecular complexity index is 581. The fraction of sp³-hybridized carbons (Fsp3) is 0.167. The van der Waals surface area contributed by atoms with Crippen molar-refractivity contribution in [3.63, 3.8) is 0 Å². The van der Waals surface area contributed by atoms with Crippen LogP contribution in [-0.4, -0.2) is 5.16 Å². The summed E-state index contributed by atoms with van der Waals surface area (Å²) in [7, 11) is 0. The molecule has 0 fully saturated rings. The number of halogens is 1. The van der Waals surface area contributed by atoms with Crippen LogP contribution in [0.5, 0.6) is 0 Å². The molecule has 0 aliphatic carbocycles. The van der Waals surface area contributed by atoms with Crippen LogP contribution >= 0.6 is 15.9 Å². The van der Waals surface area contributed by atoms with Gasteiger partial charge in [0.05, 0.1) is 0 Å². The molecule has 0 bridgehead atoms. The number of benzene rings is 1. The first-order chi connectivity index (χ1) is 7.63. The quantitative estimate of drug-likeness (QED) is 0.800. The average molecular weight is 277 g/mol. The van der Waals surface area contributed by atoms with Crippen molar-refractivity contribution >= 4 is 15.9 Å². The normalized spacial score (nSPS) is 10.1. The molecule has 80 valence electrons. The van der Waals surface area contributed by atoms with Crippen molar-refractivity contribution in [1.82, 2.24) is 5.16 Å². The summed E-state index contributed by atoms with van der Waals surface area (Å²) in [4.78, 5) is 0. The van der Waals surface area contributed by atoms with E-state index in [1.54, 1.807) is 0 Å². The molecule has 1 aromatic heterocycles. The van der Waals surface area contributed by atoms with Crippen molar-refractivity contribution in [3.8, 4) is 17.4 Å². The fourth-order valence-electron chi connectivity index (χ4n) is 1.50. The van der Waals surface area contributed by atoms with E-state index in [9.17, 15) is 0 Å². The molecule has 0 unspecified atom stereocenters. The highest BCUT2D eigenvalue weighted by Gasteiger charge is 2.16. The van der Waals surface area contributed by atoms with Crippen LogP contribution in [0.3, 0.4) is 0 Å². The lowest BCUT2D eigenvalue weighted by atomic mass is 10.0. The van der Waals surface area contributed by atoms with Crippen LogP contribution in [-0.2, 0) is 0 Å². The van der Waals surface area contributed by atoms with Gasteiger partial charge in [0.15, 0.2) is 11.5 Å². The second kappa shape index (κ2) is 4.11. The molecule has 4 heteroatoms. The summed E-state index contributed by atoms with van der Waals surface area (Å²) in [6.45, 7) is 4.01. The molecule has 0 radical (unpaired) electrons. The van der Waals surface area contributed by atoms with E-state index < -0.39 is 0 Å². The number of nitrogens with zero attached hydrogens (tertiary/aromatic N) is 2. The molecule has 1 heterocycles. The largest absolute Gasteiger partial charge is 0.354 e. The second-order valence-corrected chi connectivity index (χ2v) is 4.40. The summed E-state index contributed by atoms with van der Waals surface area (Å²) in [6, 6.07) is 8.04. The van der Waals surface area contributed by atoms with E-state index in [1.807, 2.05) is 38.1 Å². The topological polar surface area (TPSA) is 49.8 Å². The van der Waals surface area contributed by atoms with Gasteiger partial charge in [0.1, 0.15) is 10.5 Å². The van der Waals surface area contributed by atoms with Gasteiger partial charge in [-0.3, -0.25) is 0 Å². The summed E-state index contributed by atoms with van der Waals surface area (Å²) in [5.41, 5.74) is 3.46. The van der Waals surface area contributed by atoms with Crippen molar-refractivity contribution in [1.29, 1.82) is 5.26 Å². The van der Waals surface area contributed by atoms with Gasteiger partial charge < -0.3 is 4.52 Å². The van der Waals surface area contributed by atoms with Gasteiger partial charge in [-0.2, -0.15) is 5.26 Å². The molecule has 2 aromatic rings. The Morgan fingerprint density at radius 2 is 2.12 bits per heavy atom. The molecule has 16 heavy (non-hydrogen) atoms. The number of aryl methyl sites for hydroxylation is 2. The van der Waals surface area contributed by atoms with Gasteiger partial charge in [-0.1, -0.05) is 22.9 Å². The van der Waals surface area contributed by atoms with Gasteiger partial charge in [-0.05, 0) is 41.4 Å². The Morgan fingerprint density at radius 1 is 1.38 bits per heavy atom. The lowest BCUT2D eigenvalue weighted by Gasteiger charge is -2.03. The van der Waals surface area contributed by atoms with E-state index in [2.05, 4.69) is 21.1 Å². The summed E-state index contributed by atoms with van der Waals surface area (Å²) < 4.78 is 5.80. The molecule has 0 aliphatic heterocycles. The van der Waals surface area contributed by atoms with Crippen molar-refractivity contribution in [2.45, 2.75) is 13.8 Å². The highest BCUT2D eigenvalue weighted by molar-refractivity contribution is 9.10. The first kappa shape index (κ1) is 10.9. The van der Waals surface area contributed by atoms with E-state index in [1.165, 1.54) is 0 Å². The maximum atomic E-state index is 8.80. The van der Waals surface area contributed by atoms with Crippen molar-refractivity contribution in [2.75, 3.05) is 0 Å². The van der Waals surface area contributed by atoms with Crippen molar-refractivity contribution < 1.29 is 4.52 Å². The van der Waals surface area contributed by atoms with E-state index >= 15 is 0 Å². The second-order valence-electron chi connectivity index (χ2n) is 3.60. The third kappa shape index (κ3) is 1.74. The first-order valence-electron chi connectivity index (χ1n) is 4.76. The van der Waals surface area contributed by atoms with Crippen molar-refractivity contribution in [3.05, 3.63) is 39.5 Å². The number of rotatable bonds is 1. The van der Waals surface area contributed by atoms with Gasteiger partial charge in [0.25, 0.3) is 0 Å². The van der Waals surface area contributed by atoms with Crippen LogP contribution in [0.4, 0.5) is 0 Å². The van der Waals surface area contributed by atoms with E-state index in [4.69, 9.17) is 9.78 Å². The molecule has 0 atom stereocenters. The maximum Gasteiger partial charge on any atom is 0.198 e. The zero-order valence-electron chi connectivity index (χ0n) is 8.91. The van der Waals surface area contributed by atoms with E-state index in [0.717, 1.165) is 16.7 Å². The smallest absolute Gasteiger partial charge is 0.198 e. The van der Waals surface area contributed by atoms with Crippen LogP contribution in [0.25, 0.3) is 11.3 Å². The zero-order valence-corrected chi connectivity index (χ0v) is 10.5. The Kier molecular flexibility index (Phi) is 2.80. The van der Waals surface area contributed by atoms with E-state index in [-0.39, 0.29) is 5.69 Å². The minimum absolute atomic E-state index is 0.274. The Labute approximate surface area is 102 Å². The number of nitriles is 1. The lowest BCUT2D eigenvalue weighted by Crippen LogP contribution is -1.84. The van der Waals surface area contributed by atoms with Crippen LogP contribution < -0.4 is 0 Å². The van der Waals surface area contributed by atoms with Crippen LogP contribution in [0.15, 0.2) is 27.2 Å². The predicted octanol–water partition coefficient (Wildman–Crippen LogP) is 3.59. The molecule has 0 aliphatic rings. The fourth-order valence-corrected chi connectivity index (χ4v) is 1.94. The molecule has 0 amide bonds. The molecule has 0 saturated carbocycles. The Hall–Kier alpha value is -1.60. The number of hydrogen-bond donors (Lipinski definition) is 0. The standard InChI is InChI=1S/C12H9BrN2O/c1-7-3-4-8(2)9(5-7)12-11(13)10(6-14)15-16-12/h3-5H,1-2H3. The first-order valence-corrected chi connectivity index (χ1v) is 5.55. The van der Waals surface area contributed by atoms with Gasteiger partial charge >= 0.3 is 0 Å². The summed E-state index contributed by atoms with van der Waals surface area (Å²) in [5.74, 6) is 0.609. The molecule has 0 saturated heterocycles.